The molecule has 4 rings (SSSR count). The van der Waals surface area contributed by atoms with E-state index < -0.39 is 12.7 Å². The summed E-state index contributed by atoms with van der Waals surface area (Å²) >= 11 is 0. The monoisotopic (exact) mass is 530 g/mol. The molecule has 2 aromatic carbocycles. The van der Waals surface area contributed by atoms with Crippen molar-refractivity contribution in [2.75, 3.05) is 17.2 Å². The van der Waals surface area contributed by atoms with E-state index in [9.17, 15) is 24.6 Å². The van der Waals surface area contributed by atoms with Gasteiger partial charge in [0.05, 0.1) is 0 Å². The third-order valence-electron chi connectivity index (χ3n) is 5.51. The number of para-hydroxylation sites is 1. The lowest BCUT2D eigenvalue weighted by Crippen LogP contribution is -2.21. The Bertz CT molecular complexity index is 1380. The molecule has 0 bridgehead atoms. The summed E-state index contributed by atoms with van der Waals surface area (Å²) in [6.07, 6.45) is 1.39. The maximum Gasteiger partial charge on any atom is 0.360 e. The number of anilines is 3. The summed E-state index contributed by atoms with van der Waals surface area (Å²) in [6.45, 7) is 0.297. The molecule has 0 aliphatic heterocycles. The van der Waals surface area contributed by atoms with Crippen molar-refractivity contribution in [3.63, 3.8) is 0 Å². The number of fused-ring (bicyclic) bond motifs is 1. The lowest BCUT2D eigenvalue weighted by Gasteiger charge is -2.23. The van der Waals surface area contributed by atoms with Crippen molar-refractivity contribution in [3.05, 3.63) is 66.0 Å². The molecule has 0 amide bonds. The van der Waals surface area contributed by atoms with Gasteiger partial charge >= 0.3 is 7.60 Å². The largest absolute Gasteiger partial charge is 0.508 e. The predicted octanol–water partition coefficient (Wildman–Crippen LogP) is 3.48. The zero-order valence-corrected chi connectivity index (χ0v) is 21.3. The normalized spacial score (nSPS) is 13.4. The molecule has 190 valence electrons. The fourth-order valence-corrected chi connectivity index (χ4v) is 4.23. The molecule has 0 spiro atoms. The Balaban J connectivity index is 1.54. The average molecular weight is 530 g/mol. The molecule has 0 radical (unpaired) electrons. The van der Waals surface area contributed by atoms with E-state index in [0.717, 1.165) is 11.3 Å². The molecule has 7 N–H and O–H groups in total. The first-order valence-corrected chi connectivity index (χ1v) is 13.5. The Hall–Kier alpha value is -3.07. The van der Waals surface area contributed by atoms with Crippen molar-refractivity contribution >= 4 is 45.5 Å². The Morgan fingerprint density at radius 1 is 1.03 bits per heavy atom. The van der Waals surface area contributed by atoms with Crippen LogP contribution in [0.1, 0.15) is 24.2 Å². The summed E-state index contributed by atoms with van der Waals surface area (Å²) in [5.74, 6) is 1.71. The van der Waals surface area contributed by atoms with Crippen molar-refractivity contribution in [1.29, 1.82) is 0 Å². The molecule has 0 saturated carbocycles. The van der Waals surface area contributed by atoms with E-state index in [4.69, 9.17) is 0 Å². The molecular formula is C23H28N6O5P2. The first-order chi connectivity index (χ1) is 17.1. The summed E-state index contributed by atoms with van der Waals surface area (Å²) in [5, 5.41) is 23.8. The topological polar surface area (TPSA) is 177 Å². The highest BCUT2D eigenvalue weighted by atomic mass is 31.2. The van der Waals surface area contributed by atoms with Gasteiger partial charge in [-0.1, -0.05) is 39.6 Å². The molecule has 11 nitrogen and oxygen atoms in total. The van der Waals surface area contributed by atoms with Crippen molar-refractivity contribution in [2.45, 2.75) is 30.8 Å². The third kappa shape index (κ3) is 6.57. The van der Waals surface area contributed by atoms with Crippen LogP contribution < -0.4 is 10.6 Å². The van der Waals surface area contributed by atoms with E-state index in [0.29, 0.717) is 48.1 Å². The number of aromatic hydroxyl groups is 1. The molecule has 0 aliphatic carbocycles. The number of H-pyrrole nitrogens is 1. The highest BCUT2D eigenvalue weighted by molar-refractivity contribution is 7.61. The van der Waals surface area contributed by atoms with E-state index in [-0.39, 0.29) is 18.6 Å². The van der Waals surface area contributed by atoms with Crippen LogP contribution in [0.25, 0.3) is 11.2 Å². The van der Waals surface area contributed by atoms with Gasteiger partial charge in [-0.05, 0) is 49.1 Å². The predicted molar refractivity (Wildman–Crippen MR) is 141 cm³/mol. The Morgan fingerprint density at radius 2 is 1.81 bits per heavy atom. The Morgan fingerprint density at radius 3 is 2.53 bits per heavy atom. The quantitative estimate of drug-likeness (QED) is 0.112. The molecule has 2 unspecified atom stereocenters. The van der Waals surface area contributed by atoms with Gasteiger partial charge in [0.15, 0.2) is 16.5 Å². The molecule has 2 atom stereocenters. The number of nitrogens with zero attached hydrogens (tertiary/aromatic N) is 3. The number of aromatic nitrogens is 4. The van der Waals surface area contributed by atoms with Crippen LogP contribution in [0.3, 0.4) is 0 Å². The van der Waals surface area contributed by atoms with Crippen molar-refractivity contribution in [2.24, 2.45) is 0 Å². The van der Waals surface area contributed by atoms with E-state index in [2.05, 4.69) is 30.6 Å². The third-order valence-corrected chi connectivity index (χ3v) is 8.04. The zero-order valence-electron chi connectivity index (χ0n) is 19.3. The summed E-state index contributed by atoms with van der Waals surface area (Å²) < 4.78 is 11.4. The van der Waals surface area contributed by atoms with Crippen LogP contribution in [0.15, 0.2) is 54.6 Å². The van der Waals surface area contributed by atoms with Crippen LogP contribution in [0.4, 0.5) is 17.5 Å². The lowest BCUT2D eigenvalue weighted by molar-refractivity contribution is 0.162. The Labute approximate surface area is 209 Å². The van der Waals surface area contributed by atoms with Crippen LogP contribution >= 0.6 is 16.8 Å². The second-order valence-electron chi connectivity index (χ2n) is 8.39. The van der Waals surface area contributed by atoms with E-state index in [1.54, 1.807) is 18.2 Å². The van der Waals surface area contributed by atoms with Crippen molar-refractivity contribution in [1.82, 2.24) is 19.9 Å². The van der Waals surface area contributed by atoms with E-state index in [1.165, 1.54) is 0 Å². The summed E-state index contributed by atoms with van der Waals surface area (Å²) in [4.78, 5) is 35.6. The number of nitrogens with one attached hydrogen (secondary N) is 3. The highest BCUT2D eigenvalue weighted by Crippen LogP contribution is 2.55. The Kier molecular flexibility index (Phi) is 7.88. The summed E-state index contributed by atoms with van der Waals surface area (Å²) in [7, 11) is -2.84. The van der Waals surface area contributed by atoms with Gasteiger partial charge in [0.1, 0.15) is 17.1 Å². The number of imidazole rings is 1. The number of aliphatic hydroxyl groups is 1. The van der Waals surface area contributed by atoms with Gasteiger partial charge in [0, 0.05) is 18.7 Å². The molecule has 0 saturated heterocycles. The number of hydrogen-bond donors (Lipinski definition) is 7. The maximum atomic E-state index is 11.4. The van der Waals surface area contributed by atoms with Crippen molar-refractivity contribution in [3.8, 4) is 5.75 Å². The van der Waals surface area contributed by atoms with Gasteiger partial charge in [-0.25, -0.2) is 4.98 Å². The van der Waals surface area contributed by atoms with Gasteiger partial charge in [-0.15, -0.1) is 0 Å². The highest BCUT2D eigenvalue weighted by Gasteiger charge is 2.39. The molecule has 4 aromatic rings. The van der Waals surface area contributed by atoms with Crippen LogP contribution in [0.5, 0.6) is 5.75 Å². The number of aryl methyl sites for hydroxylation is 2. The van der Waals surface area contributed by atoms with Crippen LogP contribution in [-0.4, -0.2) is 51.6 Å². The number of rotatable bonds is 11. The second-order valence-corrected chi connectivity index (χ2v) is 11.7. The second kappa shape index (κ2) is 10.9. The van der Waals surface area contributed by atoms with Gasteiger partial charge < -0.3 is 35.6 Å². The first kappa shape index (κ1) is 26.0. The van der Waals surface area contributed by atoms with E-state index in [1.807, 2.05) is 45.6 Å². The maximum absolute atomic E-state index is 11.4. The number of hydrogen-bond acceptors (Lipinski definition) is 8. The molecule has 2 aromatic heterocycles. The van der Waals surface area contributed by atoms with Crippen LogP contribution in [-0.2, 0) is 17.4 Å². The van der Waals surface area contributed by atoms with Crippen LogP contribution in [0.2, 0.25) is 0 Å². The minimum atomic E-state index is -4.68. The summed E-state index contributed by atoms with van der Waals surface area (Å²) in [6, 6.07) is 16.5. The van der Waals surface area contributed by atoms with Crippen molar-refractivity contribution < 1.29 is 24.6 Å². The fraction of sp³-hybridized carbons (Fsp3) is 0.261. The molecule has 36 heavy (non-hydrogen) atoms. The number of phenolic OH excluding ortho intramolecular Hbond substituents is 1. The molecule has 13 heteroatoms. The van der Waals surface area contributed by atoms with E-state index >= 15 is 0 Å². The number of benzene rings is 2. The van der Waals surface area contributed by atoms with Gasteiger partial charge in [0.2, 0.25) is 5.95 Å². The lowest BCUT2D eigenvalue weighted by atomic mass is 10.1. The average Bonchev–Trinajstić information content (AvgIpc) is 3.23. The standard InChI is InChI=1S/C23H28N6O5P2/c30-17-9-4-6-15(14-17)10-11-18-26-19-20(24-13-5-12-23(31,35)36(32,33)34)28-22(29-21(19)27-18)25-16-7-2-1-3-8-16/h1-4,6-9,14,30-31H,5,10-13,35H2,(H2,32,33,34)(H3,24,25,26,27,28,29). The molecule has 0 aliphatic rings. The smallest absolute Gasteiger partial charge is 0.360 e. The fourth-order valence-electron chi connectivity index (χ4n) is 3.57. The number of aromatic amines is 1. The first-order valence-electron chi connectivity index (χ1n) is 11.3. The summed E-state index contributed by atoms with van der Waals surface area (Å²) in [5.41, 5.74) is 2.82. The van der Waals surface area contributed by atoms with Gasteiger partial charge in [-0.3, -0.25) is 4.57 Å². The molecular weight excluding hydrogens is 502 g/mol. The minimum absolute atomic E-state index is 0.129. The van der Waals surface area contributed by atoms with Gasteiger partial charge in [0.25, 0.3) is 0 Å². The molecule has 0 fully saturated rings. The SMILES string of the molecule is O=P(O)(O)C(O)(P)CCCNc1nc(Nc2ccccc2)nc2nc(CCc3cccc(O)c3)[nH]c12. The number of phenols is 1. The minimum Gasteiger partial charge on any atom is -0.508 e. The molecule has 2 heterocycles. The zero-order chi connectivity index (χ0) is 25.8. The van der Waals surface area contributed by atoms with Gasteiger partial charge in [-0.2, -0.15) is 9.97 Å². The van der Waals surface area contributed by atoms with Crippen LogP contribution in [0, 0.1) is 0 Å².